The first-order valence-corrected chi connectivity index (χ1v) is 7.68. The molecule has 0 aliphatic rings. The van der Waals surface area contributed by atoms with Crippen molar-refractivity contribution in [3.05, 3.63) is 29.8 Å². The lowest BCUT2D eigenvalue weighted by molar-refractivity contribution is -0.131. The molecule has 0 radical (unpaired) electrons. The van der Waals surface area contributed by atoms with Gasteiger partial charge in [-0.15, -0.1) is 0 Å². The van der Waals surface area contributed by atoms with E-state index in [1.807, 2.05) is 0 Å². The minimum Gasteiger partial charge on any atom is -0.481 e. The Morgan fingerprint density at radius 3 is 2.50 bits per heavy atom. The normalized spacial score (nSPS) is 12.3. The van der Waals surface area contributed by atoms with Gasteiger partial charge in [-0.1, -0.05) is 18.8 Å². The van der Waals surface area contributed by atoms with Crippen LogP contribution in [-0.4, -0.2) is 35.7 Å². The zero-order valence-corrected chi connectivity index (χ0v) is 13.8. The Hall–Kier alpha value is -2.56. The van der Waals surface area contributed by atoms with Crippen LogP contribution in [0.5, 0.6) is 5.75 Å². The van der Waals surface area contributed by atoms with E-state index in [0.717, 1.165) is 12.8 Å². The van der Waals surface area contributed by atoms with Crippen LogP contribution in [0.15, 0.2) is 24.3 Å². The number of hydroxylamine groups is 1. The van der Waals surface area contributed by atoms with Crippen molar-refractivity contribution in [2.45, 2.75) is 38.8 Å². The summed E-state index contributed by atoms with van der Waals surface area (Å²) >= 11 is 0. The second-order valence-corrected chi connectivity index (χ2v) is 5.20. The number of carbonyl (C=O) groups is 2. The van der Waals surface area contributed by atoms with Gasteiger partial charge >= 0.3 is 0 Å². The Labute approximate surface area is 141 Å². The molecule has 0 saturated carbocycles. The molecule has 2 atom stereocenters. The maximum atomic E-state index is 12.1. The summed E-state index contributed by atoms with van der Waals surface area (Å²) in [6, 6.07) is 4.73. The number of unbranched alkanes of at least 4 members (excludes halogenated alkanes) is 1. The second-order valence-electron chi connectivity index (χ2n) is 5.20. The molecule has 0 unspecified atom stereocenters. The van der Waals surface area contributed by atoms with Crippen molar-refractivity contribution >= 4 is 11.8 Å². The van der Waals surface area contributed by atoms with Crippen LogP contribution in [0.4, 0.5) is 0 Å². The van der Waals surface area contributed by atoms with Gasteiger partial charge in [0.1, 0.15) is 18.4 Å². The first-order valence-electron chi connectivity index (χ1n) is 7.68. The van der Waals surface area contributed by atoms with Gasteiger partial charge in [-0.25, -0.2) is 5.48 Å². The zero-order chi connectivity index (χ0) is 17.9. The second kappa shape index (κ2) is 10.3. The van der Waals surface area contributed by atoms with Crippen molar-refractivity contribution in [3.63, 3.8) is 0 Å². The smallest absolute Gasteiger partial charge is 0.267 e. The zero-order valence-electron chi connectivity index (χ0n) is 13.8. The van der Waals surface area contributed by atoms with Gasteiger partial charge in [-0.2, -0.15) is 0 Å². The highest BCUT2D eigenvalue weighted by atomic mass is 16.5. The fourth-order valence-corrected chi connectivity index (χ4v) is 1.82. The standard InChI is InChI=1S/C17H23N3O4/c1-3-4-5-6-11-24-14-9-7-13(8-10-14)16(21)19-15(12(2)18)17(22)20-23/h7-10,12,15,23H,3-4,11,18H2,1-2H3,(H,19,21)(H,20,22)/t12-,15+/m1/s1. The van der Waals surface area contributed by atoms with Gasteiger partial charge in [-0.3, -0.25) is 14.8 Å². The predicted molar refractivity (Wildman–Crippen MR) is 89.5 cm³/mol. The Morgan fingerprint density at radius 2 is 1.96 bits per heavy atom. The van der Waals surface area contributed by atoms with Crippen LogP contribution in [0.3, 0.4) is 0 Å². The Kier molecular flexibility index (Phi) is 8.33. The first-order chi connectivity index (χ1) is 11.5. The van der Waals surface area contributed by atoms with Gasteiger partial charge in [-0.05, 0) is 37.6 Å². The molecule has 0 spiro atoms. The van der Waals surface area contributed by atoms with Crippen molar-refractivity contribution in [1.29, 1.82) is 0 Å². The van der Waals surface area contributed by atoms with Crippen LogP contribution in [0.1, 0.15) is 37.0 Å². The third-order valence-electron chi connectivity index (χ3n) is 3.13. The van der Waals surface area contributed by atoms with Gasteiger partial charge in [0.05, 0.1) is 0 Å². The molecule has 24 heavy (non-hydrogen) atoms. The third-order valence-corrected chi connectivity index (χ3v) is 3.13. The van der Waals surface area contributed by atoms with E-state index in [-0.39, 0.29) is 6.61 Å². The molecule has 1 aromatic carbocycles. The van der Waals surface area contributed by atoms with E-state index >= 15 is 0 Å². The molecule has 2 amide bonds. The molecule has 0 heterocycles. The molecule has 130 valence electrons. The molecule has 1 aromatic rings. The van der Waals surface area contributed by atoms with Crippen LogP contribution in [0.25, 0.3) is 0 Å². The van der Waals surface area contributed by atoms with Crippen molar-refractivity contribution in [2.24, 2.45) is 5.73 Å². The SMILES string of the molecule is CCCC#CCOc1ccc(C(=O)N[C@H](C(=O)NO)[C@@H](C)N)cc1. The van der Waals surface area contributed by atoms with Crippen molar-refractivity contribution in [1.82, 2.24) is 10.8 Å². The summed E-state index contributed by atoms with van der Waals surface area (Å²) in [6.07, 6.45) is 1.85. The molecular weight excluding hydrogens is 310 g/mol. The summed E-state index contributed by atoms with van der Waals surface area (Å²) in [7, 11) is 0. The Balaban J connectivity index is 2.63. The van der Waals surface area contributed by atoms with Gasteiger partial charge < -0.3 is 15.8 Å². The van der Waals surface area contributed by atoms with Crippen molar-refractivity contribution < 1.29 is 19.5 Å². The Morgan fingerprint density at radius 1 is 1.29 bits per heavy atom. The number of hydrogen-bond acceptors (Lipinski definition) is 5. The highest BCUT2D eigenvalue weighted by molar-refractivity contribution is 5.97. The molecule has 0 fully saturated rings. The van der Waals surface area contributed by atoms with Crippen LogP contribution in [0, 0.1) is 11.8 Å². The lowest BCUT2D eigenvalue weighted by atomic mass is 10.1. The topological polar surface area (TPSA) is 114 Å². The van der Waals surface area contributed by atoms with Crippen LogP contribution in [0.2, 0.25) is 0 Å². The molecule has 5 N–H and O–H groups in total. The predicted octanol–water partition coefficient (Wildman–Crippen LogP) is 0.820. The highest BCUT2D eigenvalue weighted by Gasteiger charge is 2.24. The number of ether oxygens (including phenoxy) is 1. The summed E-state index contributed by atoms with van der Waals surface area (Å²) in [4.78, 5) is 23.6. The van der Waals surface area contributed by atoms with Crippen molar-refractivity contribution in [3.8, 4) is 17.6 Å². The molecule has 7 nitrogen and oxygen atoms in total. The third kappa shape index (κ3) is 6.28. The quantitative estimate of drug-likeness (QED) is 0.335. The molecule has 0 saturated heterocycles. The number of amides is 2. The summed E-state index contributed by atoms with van der Waals surface area (Å²) in [5, 5.41) is 11.1. The minimum absolute atomic E-state index is 0.287. The molecule has 7 heteroatoms. The average molecular weight is 333 g/mol. The van der Waals surface area contributed by atoms with E-state index in [9.17, 15) is 9.59 Å². The van der Waals surface area contributed by atoms with Gasteiger partial charge in [0.25, 0.3) is 11.8 Å². The summed E-state index contributed by atoms with van der Waals surface area (Å²) in [6.45, 7) is 3.89. The van der Waals surface area contributed by atoms with E-state index in [0.29, 0.717) is 11.3 Å². The number of carbonyl (C=O) groups excluding carboxylic acids is 2. The van der Waals surface area contributed by atoms with E-state index in [1.54, 1.807) is 31.2 Å². The number of nitrogens with two attached hydrogens (primary N) is 1. The maximum Gasteiger partial charge on any atom is 0.267 e. The van der Waals surface area contributed by atoms with E-state index in [4.69, 9.17) is 15.7 Å². The monoisotopic (exact) mass is 333 g/mol. The molecular formula is C17H23N3O4. The van der Waals surface area contributed by atoms with Crippen LogP contribution >= 0.6 is 0 Å². The van der Waals surface area contributed by atoms with Crippen molar-refractivity contribution in [2.75, 3.05) is 6.61 Å². The lowest BCUT2D eigenvalue weighted by Gasteiger charge is -2.20. The number of benzene rings is 1. The van der Waals surface area contributed by atoms with Gasteiger partial charge in [0.15, 0.2) is 0 Å². The summed E-state index contributed by atoms with van der Waals surface area (Å²) in [5.74, 6) is 5.21. The molecule has 0 aliphatic carbocycles. The van der Waals surface area contributed by atoms with E-state index < -0.39 is 23.9 Å². The number of hydrogen-bond donors (Lipinski definition) is 4. The van der Waals surface area contributed by atoms with Crippen LogP contribution < -0.4 is 21.3 Å². The molecule has 1 rings (SSSR count). The van der Waals surface area contributed by atoms with Crippen LogP contribution in [-0.2, 0) is 4.79 Å². The van der Waals surface area contributed by atoms with Gasteiger partial charge in [0.2, 0.25) is 0 Å². The fraction of sp³-hybridized carbons (Fsp3) is 0.412. The molecule has 0 aliphatic heterocycles. The molecule has 0 bridgehead atoms. The lowest BCUT2D eigenvalue weighted by Crippen LogP contribution is -2.54. The largest absolute Gasteiger partial charge is 0.481 e. The highest BCUT2D eigenvalue weighted by Crippen LogP contribution is 2.12. The number of nitrogens with one attached hydrogen (secondary N) is 2. The number of rotatable bonds is 7. The van der Waals surface area contributed by atoms with Gasteiger partial charge in [0, 0.05) is 18.0 Å². The average Bonchev–Trinajstić information content (AvgIpc) is 2.58. The molecule has 0 aromatic heterocycles. The van der Waals surface area contributed by atoms with E-state index in [1.165, 1.54) is 5.48 Å². The first kappa shape index (κ1) is 19.5. The Bertz CT molecular complexity index is 603. The fourth-order valence-electron chi connectivity index (χ4n) is 1.82. The minimum atomic E-state index is -1.03. The summed E-state index contributed by atoms with van der Waals surface area (Å²) < 4.78 is 5.44. The maximum absolute atomic E-state index is 12.1. The van der Waals surface area contributed by atoms with E-state index in [2.05, 4.69) is 24.1 Å². The summed E-state index contributed by atoms with van der Waals surface area (Å²) in [5.41, 5.74) is 7.46.